The van der Waals surface area contributed by atoms with Crippen LogP contribution in [0.2, 0.25) is 0 Å². The summed E-state index contributed by atoms with van der Waals surface area (Å²) in [6, 6.07) is 13.2. The minimum atomic E-state index is -4.20. The Bertz CT molecular complexity index is 744. The average molecular weight is 312 g/mol. The van der Waals surface area contributed by atoms with Crippen molar-refractivity contribution in [3.63, 3.8) is 0 Å². The van der Waals surface area contributed by atoms with Crippen LogP contribution < -0.4 is 0 Å². The van der Waals surface area contributed by atoms with Crippen LogP contribution in [0, 0.1) is 10.1 Å². The SMILES string of the molecule is O=[N+]([O-])c1cccc(Cc2ccccc2)c1S(=O)(=O)Cl. The van der Waals surface area contributed by atoms with Crippen LogP contribution in [0.3, 0.4) is 0 Å². The summed E-state index contributed by atoms with van der Waals surface area (Å²) in [4.78, 5) is 9.77. The molecule has 0 saturated heterocycles. The van der Waals surface area contributed by atoms with Crippen LogP contribution in [0.1, 0.15) is 11.1 Å². The van der Waals surface area contributed by atoms with Crippen molar-refractivity contribution in [1.82, 2.24) is 0 Å². The third kappa shape index (κ3) is 3.15. The average Bonchev–Trinajstić information content (AvgIpc) is 2.38. The molecule has 0 fully saturated rings. The third-order valence-electron chi connectivity index (χ3n) is 2.75. The second-order valence-corrected chi connectivity index (χ2v) is 6.63. The van der Waals surface area contributed by atoms with E-state index in [4.69, 9.17) is 10.7 Å². The zero-order valence-electron chi connectivity index (χ0n) is 10.2. The van der Waals surface area contributed by atoms with E-state index in [2.05, 4.69) is 0 Å². The van der Waals surface area contributed by atoms with Crippen molar-refractivity contribution in [2.45, 2.75) is 11.3 Å². The topological polar surface area (TPSA) is 77.3 Å². The van der Waals surface area contributed by atoms with E-state index in [0.29, 0.717) is 5.56 Å². The van der Waals surface area contributed by atoms with Crippen LogP contribution in [0.15, 0.2) is 53.4 Å². The monoisotopic (exact) mass is 311 g/mol. The summed E-state index contributed by atoms with van der Waals surface area (Å²) < 4.78 is 23.3. The predicted octanol–water partition coefficient (Wildman–Crippen LogP) is 3.11. The molecule has 2 rings (SSSR count). The van der Waals surface area contributed by atoms with E-state index in [-0.39, 0.29) is 6.42 Å². The highest BCUT2D eigenvalue weighted by Crippen LogP contribution is 2.31. The second kappa shape index (κ2) is 5.60. The fourth-order valence-corrected chi connectivity index (χ4v) is 3.33. The molecule has 104 valence electrons. The first-order valence-corrected chi connectivity index (χ1v) is 7.95. The Labute approximate surface area is 120 Å². The number of nitro groups is 1. The molecule has 0 aliphatic rings. The van der Waals surface area contributed by atoms with Crippen molar-refractivity contribution in [1.29, 1.82) is 0 Å². The van der Waals surface area contributed by atoms with Crippen molar-refractivity contribution in [2.75, 3.05) is 0 Å². The molecule has 0 amide bonds. The maximum Gasteiger partial charge on any atom is 0.289 e. The summed E-state index contributed by atoms with van der Waals surface area (Å²) >= 11 is 0. The molecule has 20 heavy (non-hydrogen) atoms. The molecular formula is C13H10ClNO4S. The molecule has 2 aromatic carbocycles. The Kier molecular flexibility index (Phi) is 4.06. The molecule has 0 spiro atoms. The molecular weight excluding hydrogens is 302 g/mol. The van der Waals surface area contributed by atoms with Gasteiger partial charge in [0.25, 0.3) is 14.7 Å². The largest absolute Gasteiger partial charge is 0.289 e. The molecule has 0 radical (unpaired) electrons. The smallest absolute Gasteiger partial charge is 0.258 e. The highest BCUT2D eigenvalue weighted by molar-refractivity contribution is 8.13. The van der Waals surface area contributed by atoms with Crippen molar-refractivity contribution >= 4 is 25.4 Å². The van der Waals surface area contributed by atoms with Gasteiger partial charge in [-0.15, -0.1) is 0 Å². The van der Waals surface area contributed by atoms with E-state index < -0.39 is 24.6 Å². The fourth-order valence-electron chi connectivity index (χ4n) is 1.95. The van der Waals surface area contributed by atoms with E-state index >= 15 is 0 Å². The Hall–Kier alpha value is -1.92. The molecule has 0 aromatic heterocycles. The molecule has 0 saturated carbocycles. The molecule has 5 nitrogen and oxygen atoms in total. The number of nitrogens with zero attached hydrogens (tertiary/aromatic N) is 1. The lowest BCUT2D eigenvalue weighted by Gasteiger charge is -2.07. The molecule has 0 aliphatic heterocycles. The van der Waals surface area contributed by atoms with Gasteiger partial charge in [0.2, 0.25) is 0 Å². The quantitative estimate of drug-likeness (QED) is 0.494. The lowest BCUT2D eigenvalue weighted by Crippen LogP contribution is -2.04. The standard InChI is InChI=1S/C13H10ClNO4S/c14-20(18,19)13-11(7-4-8-12(13)15(16)17)9-10-5-2-1-3-6-10/h1-8H,9H2. The van der Waals surface area contributed by atoms with E-state index in [1.807, 2.05) is 30.3 Å². The van der Waals surface area contributed by atoms with Gasteiger partial charge in [0.1, 0.15) is 0 Å². The Balaban J connectivity index is 2.59. The molecule has 7 heteroatoms. The van der Waals surface area contributed by atoms with Crippen LogP contribution in [0.4, 0.5) is 5.69 Å². The number of hydrogen-bond donors (Lipinski definition) is 0. The Morgan fingerprint density at radius 3 is 2.25 bits per heavy atom. The molecule has 0 bridgehead atoms. The summed E-state index contributed by atoms with van der Waals surface area (Å²) in [5.74, 6) is 0. The van der Waals surface area contributed by atoms with Gasteiger partial charge in [0, 0.05) is 16.7 Å². The van der Waals surface area contributed by atoms with Gasteiger partial charge >= 0.3 is 0 Å². The number of halogens is 1. The van der Waals surface area contributed by atoms with Crippen LogP contribution in [0.25, 0.3) is 0 Å². The minimum absolute atomic E-state index is 0.254. The van der Waals surface area contributed by atoms with Crippen molar-refractivity contribution < 1.29 is 13.3 Å². The number of hydrogen-bond acceptors (Lipinski definition) is 4. The first-order valence-electron chi connectivity index (χ1n) is 5.64. The first kappa shape index (κ1) is 14.5. The second-order valence-electron chi connectivity index (χ2n) is 4.12. The van der Waals surface area contributed by atoms with Crippen LogP contribution in [-0.2, 0) is 15.5 Å². The van der Waals surface area contributed by atoms with Crippen molar-refractivity contribution in [3.05, 3.63) is 69.8 Å². The van der Waals surface area contributed by atoms with Gasteiger partial charge in [-0.1, -0.05) is 42.5 Å². The minimum Gasteiger partial charge on any atom is -0.258 e. The molecule has 0 aliphatic carbocycles. The van der Waals surface area contributed by atoms with E-state index in [9.17, 15) is 18.5 Å². The predicted molar refractivity (Wildman–Crippen MR) is 75.4 cm³/mol. The lowest BCUT2D eigenvalue weighted by molar-refractivity contribution is -0.387. The molecule has 0 heterocycles. The summed E-state index contributed by atoms with van der Waals surface area (Å²) in [5.41, 5.74) is 0.642. The molecule has 0 atom stereocenters. The fraction of sp³-hybridized carbons (Fsp3) is 0.0769. The van der Waals surface area contributed by atoms with Gasteiger partial charge in [-0.25, -0.2) is 8.42 Å². The van der Waals surface area contributed by atoms with Gasteiger partial charge in [-0.3, -0.25) is 10.1 Å². The summed E-state index contributed by atoms with van der Waals surface area (Å²) in [5, 5.41) is 11.0. The van der Waals surface area contributed by atoms with Crippen molar-refractivity contribution in [2.24, 2.45) is 0 Å². The van der Waals surface area contributed by atoms with Gasteiger partial charge in [-0.05, 0) is 17.5 Å². The Morgan fingerprint density at radius 1 is 1.05 bits per heavy atom. The van der Waals surface area contributed by atoms with E-state index in [1.54, 1.807) is 0 Å². The maximum absolute atomic E-state index is 11.6. The van der Waals surface area contributed by atoms with Crippen LogP contribution in [-0.4, -0.2) is 13.3 Å². The van der Waals surface area contributed by atoms with Gasteiger partial charge in [-0.2, -0.15) is 0 Å². The highest BCUT2D eigenvalue weighted by atomic mass is 35.7. The van der Waals surface area contributed by atoms with E-state index in [0.717, 1.165) is 11.6 Å². The van der Waals surface area contributed by atoms with E-state index in [1.165, 1.54) is 12.1 Å². The lowest BCUT2D eigenvalue weighted by atomic mass is 10.0. The van der Waals surface area contributed by atoms with Gasteiger partial charge in [0.05, 0.1) is 4.92 Å². The summed E-state index contributed by atoms with van der Waals surface area (Å²) in [7, 11) is 1.15. The number of rotatable bonds is 4. The summed E-state index contributed by atoms with van der Waals surface area (Å²) in [6.45, 7) is 0. The highest BCUT2D eigenvalue weighted by Gasteiger charge is 2.27. The van der Waals surface area contributed by atoms with Gasteiger partial charge in [0.15, 0.2) is 4.90 Å². The van der Waals surface area contributed by atoms with Crippen LogP contribution >= 0.6 is 10.7 Å². The molecule has 2 aromatic rings. The number of nitro benzene ring substituents is 1. The van der Waals surface area contributed by atoms with Crippen LogP contribution in [0.5, 0.6) is 0 Å². The zero-order chi connectivity index (χ0) is 14.8. The molecule has 0 N–H and O–H groups in total. The van der Waals surface area contributed by atoms with Crippen molar-refractivity contribution in [3.8, 4) is 0 Å². The Morgan fingerprint density at radius 2 is 1.70 bits per heavy atom. The normalized spacial score (nSPS) is 11.2. The first-order chi connectivity index (χ1) is 9.39. The number of benzene rings is 2. The third-order valence-corrected chi connectivity index (χ3v) is 4.18. The summed E-state index contributed by atoms with van der Waals surface area (Å²) in [6.07, 6.45) is 0.254. The zero-order valence-corrected chi connectivity index (χ0v) is 11.8. The molecule has 0 unspecified atom stereocenters. The van der Waals surface area contributed by atoms with Gasteiger partial charge < -0.3 is 0 Å². The maximum atomic E-state index is 11.6.